The standard InChI is InChI=1S/C16H25N3S/c1-13(2)19(3)11-7-10-17-16-18-12-15(20-16)14-8-5-4-6-9-14/h4-6,8-9,13,15H,7,10-12H2,1-3H3,(H,17,18). The molecule has 0 amide bonds. The Morgan fingerprint density at radius 1 is 1.35 bits per heavy atom. The van der Waals surface area contributed by atoms with E-state index in [0.29, 0.717) is 11.3 Å². The minimum Gasteiger partial charge on any atom is -0.365 e. The third kappa shape index (κ3) is 4.53. The molecule has 1 aromatic carbocycles. The third-order valence-electron chi connectivity index (χ3n) is 3.67. The zero-order valence-corrected chi connectivity index (χ0v) is 13.5. The van der Waals surface area contributed by atoms with Gasteiger partial charge in [-0.15, -0.1) is 0 Å². The van der Waals surface area contributed by atoms with Crippen LogP contribution in [0.4, 0.5) is 0 Å². The van der Waals surface area contributed by atoms with Gasteiger partial charge in [-0.05, 0) is 39.4 Å². The number of rotatable bonds is 6. The highest BCUT2D eigenvalue weighted by Crippen LogP contribution is 2.33. The zero-order valence-electron chi connectivity index (χ0n) is 12.7. The Hall–Kier alpha value is -1.00. The van der Waals surface area contributed by atoms with Crippen molar-refractivity contribution in [1.82, 2.24) is 10.2 Å². The van der Waals surface area contributed by atoms with Crippen molar-refractivity contribution in [3.05, 3.63) is 35.9 Å². The molecule has 0 saturated carbocycles. The van der Waals surface area contributed by atoms with Gasteiger partial charge in [0.05, 0.1) is 11.8 Å². The Bertz CT molecular complexity index is 431. The lowest BCUT2D eigenvalue weighted by Crippen LogP contribution is -2.30. The summed E-state index contributed by atoms with van der Waals surface area (Å²) in [6.07, 6.45) is 1.16. The van der Waals surface area contributed by atoms with Gasteiger partial charge in [-0.25, -0.2) is 0 Å². The molecule has 1 aromatic rings. The number of hydrogen-bond donors (Lipinski definition) is 1. The molecule has 1 N–H and O–H groups in total. The Morgan fingerprint density at radius 3 is 2.80 bits per heavy atom. The van der Waals surface area contributed by atoms with Gasteiger partial charge in [-0.3, -0.25) is 4.99 Å². The molecule has 1 aliphatic heterocycles. The number of benzene rings is 1. The van der Waals surface area contributed by atoms with Crippen molar-refractivity contribution in [1.29, 1.82) is 0 Å². The second kappa shape index (κ2) is 7.70. The van der Waals surface area contributed by atoms with Gasteiger partial charge in [0.25, 0.3) is 0 Å². The van der Waals surface area contributed by atoms with Gasteiger partial charge in [0.1, 0.15) is 0 Å². The van der Waals surface area contributed by atoms with E-state index >= 15 is 0 Å². The maximum atomic E-state index is 4.60. The van der Waals surface area contributed by atoms with Crippen molar-refractivity contribution >= 4 is 16.9 Å². The minimum atomic E-state index is 0.483. The Balaban J connectivity index is 1.66. The second-order valence-electron chi connectivity index (χ2n) is 5.52. The molecule has 2 rings (SSSR count). The quantitative estimate of drug-likeness (QED) is 0.816. The van der Waals surface area contributed by atoms with Gasteiger partial charge >= 0.3 is 0 Å². The summed E-state index contributed by atoms with van der Waals surface area (Å²) < 4.78 is 0. The van der Waals surface area contributed by atoms with Crippen LogP contribution in [0.3, 0.4) is 0 Å². The first-order valence-electron chi connectivity index (χ1n) is 7.37. The maximum Gasteiger partial charge on any atom is 0.157 e. The lowest BCUT2D eigenvalue weighted by atomic mass is 10.1. The molecule has 20 heavy (non-hydrogen) atoms. The number of amidine groups is 1. The fourth-order valence-corrected chi connectivity index (χ4v) is 3.14. The van der Waals surface area contributed by atoms with Crippen molar-refractivity contribution in [2.24, 2.45) is 4.99 Å². The van der Waals surface area contributed by atoms with Crippen LogP contribution in [-0.2, 0) is 0 Å². The summed E-state index contributed by atoms with van der Waals surface area (Å²) in [5.41, 5.74) is 1.37. The molecular weight excluding hydrogens is 266 g/mol. The van der Waals surface area contributed by atoms with E-state index in [-0.39, 0.29) is 0 Å². The Labute approximate surface area is 126 Å². The van der Waals surface area contributed by atoms with Gasteiger partial charge < -0.3 is 10.2 Å². The van der Waals surface area contributed by atoms with Crippen LogP contribution >= 0.6 is 11.8 Å². The summed E-state index contributed by atoms with van der Waals surface area (Å²) in [6, 6.07) is 11.3. The average Bonchev–Trinajstić information content (AvgIpc) is 2.93. The van der Waals surface area contributed by atoms with Crippen LogP contribution in [0.15, 0.2) is 35.3 Å². The van der Waals surface area contributed by atoms with Crippen LogP contribution in [0, 0.1) is 0 Å². The number of aliphatic imine (C=N–C) groups is 1. The summed E-state index contributed by atoms with van der Waals surface area (Å²) in [5, 5.41) is 5.05. The van der Waals surface area contributed by atoms with Crippen molar-refractivity contribution in [2.75, 3.05) is 26.7 Å². The Morgan fingerprint density at radius 2 is 2.10 bits per heavy atom. The highest BCUT2D eigenvalue weighted by Gasteiger charge is 2.20. The third-order valence-corrected chi connectivity index (χ3v) is 4.87. The summed E-state index contributed by atoms with van der Waals surface area (Å²) >= 11 is 1.85. The predicted molar refractivity (Wildman–Crippen MR) is 89.5 cm³/mol. The topological polar surface area (TPSA) is 27.6 Å². The van der Waals surface area contributed by atoms with E-state index in [1.807, 2.05) is 11.8 Å². The fourth-order valence-electron chi connectivity index (χ4n) is 2.10. The molecule has 1 heterocycles. The van der Waals surface area contributed by atoms with E-state index in [9.17, 15) is 0 Å². The van der Waals surface area contributed by atoms with E-state index in [1.165, 1.54) is 5.56 Å². The second-order valence-corrected chi connectivity index (χ2v) is 6.71. The first kappa shape index (κ1) is 15.4. The van der Waals surface area contributed by atoms with E-state index < -0.39 is 0 Å². The molecule has 1 atom stereocenters. The molecule has 110 valence electrons. The van der Waals surface area contributed by atoms with Crippen LogP contribution < -0.4 is 5.32 Å². The van der Waals surface area contributed by atoms with Gasteiger partial charge in [0.15, 0.2) is 5.17 Å². The molecule has 4 heteroatoms. The number of thioether (sulfide) groups is 1. The molecule has 3 nitrogen and oxygen atoms in total. The molecule has 1 unspecified atom stereocenters. The van der Waals surface area contributed by atoms with E-state index in [2.05, 4.69) is 66.4 Å². The lowest BCUT2D eigenvalue weighted by molar-refractivity contribution is 0.271. The lowest BCUT2D eigenvalue weighted by Gasteiger charge is -2.20. The molecule has 0 spiro atoms. The normalized spacial score (nSPS) is 18.6. The van der Waals surface area contributed by atoms with Crippen molar-refractivity contribution in [3.8, 4) is 0 Å². The largest absolute Gasteiger partial charge is 0.365 e. The fraction of sp³-hybridized carbons (Fsp3) is 0.562. The summed E-state index contributed by atoms with van der Waals surface area (Å²) in [5.74, 6) is 0. The van der Waals surface area contributed by atoms with Crippen LogP contribution in [0.25, 0.3) is 0 Å². The first-order chi connectivity index (χ1) is 9.66. The summed E-state index contributed by atoms with van der Waals surface area (Å²) in [6.45, 7) is 7.49. The zero-order chi connectivity index (χ0) is 14.4. The molecule has 1 aliphatic rings. The van der Waals surface area contributed by atoms with Crippen LogP contribution in [-0.4, -0.2) is 42.8 Å². The van der Waals surface area contributed by atoms with Gasteiger partial charge in [-0.1, -0.05) is 42.1 Å². The highest BCUT2D eigenvalue weighted by molar-refractivity contribution is 8.14. The number of nitrogens with one attached hydrogen (secondary N) is 1. The predicted octanol–water partition coefficient (Wildman–Crippen LogP) is 3.15. The molecule has 0 radical (unpaired) electrons. The molecule has 0 fully saturated rings. The highest BCUT2D eigenvalue weighted by atomic mass is 32.2. The minimum absolute atomic E-state index is 0.483. The maximum absolute atomic E-state index is 4.60. The molecule has 0 aromatic heterocycles. The SMILES string of the molecule is CC(C)N(C)CCCNC1=NCC(c2ccccc2)S1. The number of nitrogens with zero attached hydrogens (tertiary/aromatic N) is 2. The van der Waals surface area contributed by atoms with Gasteiger partial charge in [-0.2, -0.15) is 0 Å². The van der Waals surface area contributed by atoms with Crippen LogP contribution in [0.2, 0.25) is 0 Å². The summed E-state index contributed by atoms with van der Waals surface area (Å²) in [7, 11) is 2.18. The van der Waals surface area contributed by atoms with Crippen LogP contribution in [0.1, 0.15) is 31.1 Å². The van der Waals surface area contributed by atoms with Crippen molar-refractivity contribution in [2.45, 2.75) is 31.6 Å². The molecule has 0 saturated heterocycles. The first-order valence-corrected chi connectivity index (χ1v) is 8.25. The van der Waals surface area contributed by atoms with Crippen molar-refractivity contribution < 1.29 is 0 Å². The Kier molecular flexibility index (Phi) is 5.92. The van der Waals surface area contributed by atoms with Gasteiger partial charge in [0, 0.05) is 12.6 Å². The van der Waals surface area contributed by atoms with Crippen molar-refractivity contribution in [3.63, 3.8) is 0 Å². The number of hydrogen-bond acceptors (Lipinski definition) is 4. The molecule has 0 bridgehead atoms. The molecular formula is C16H25N3S. The van der Waals surface area contributed by atoms with E-state index in [0.717, 1.165) is 31.2 Å². The van der Waals surface area contributed by atoms with E-state index in [1.54, 1.807) is 0 Å². The summed E-state index contributed by atoms with van der Waals surface area (Å²) in [4.78, 5) is 6.97. The monoisotopic (exact) mass is 291 g/mol. The molecule has 0 aliphatic carbocycles. The smallest absolute Gasteiger partial charge is 0.157 e. The van der Waals surface area contributed by atoms with Gasteiger partial charge in [0.2, 0.25) is 0 Å². The van der Waals surface area contributed by atoms with Crippen LogP contribution in [0.5, 0.6) is 0 Å². The van der Waals surface area contributed by atoms with E-state index in [4.69, 9.17) is 0 Å². The average molecular weight is 291 g/mol.